The Hall–Kier alpha value is -1.22. The lowest BCUT2D eigenvalue weighted by Gasteiger charge is -2.25. The van der Waals surface area contributed by atoms with E-state index in [2.05, 4.69) is 34.8 Å². The molecule has 2 rings (SSSR count). The van der Waals surface area contributed by atoms with Gasteiger partial charge >= 0.3 is 0 Å². The molecule has 3 heteroatoms. The number of hydrogen-bond donors (Lipinski definition) is 0. The minimum Gasteiger partial charge on any atom is -0.295 e. The monoisotopic (exact) mass is 217 g/mol. The Morgan fingerprint density at radius 2 is 2.12 bits per heavy atom. The van der Waals surface area contributed by atoms with Crippen LogP contribution in [0.2, 0.25) is 0 Å². The van der Waals surface area contributed by atoms with Crippen molar-refractivity contribution >= 4 is 0 Å². The third kappa shape index (κ3) is 2.67. The van der Waals surface area contributed by atoms with Crippen molar-refractivity contribution in [2.75, 3.05) is 13.1 Å². The van der Waals surface area contributed by atoms with E-state index in [-0.39, 0.29) is 0 Å². The summed E-state index contributed by atoms with van der Waals surface area (Å²) in [5.74, 6) is 0.857. The van der Waals surface area contributed by atoms with Crippen LogP contribution in [-0.4, -0.2) is 28.0 Å². The van der Waals surface area contributed by atoms with Crippen molar-refractivity contribution in [3.8, 4) is 0 Å². The minimum absolute atomic E-state index is 0.857. The van der Waals surface area contributed by atoms with E-state index >= 15 is 0 Å². The van der Waals surface area contributed by atoms with Crippen LogP contribution in [0.5, 0.6) is 0 Å². The first kappa shape index (κ1) is 11.3. The predicted octanol–water partition coefficient (Wildman–Crippen LogP) is 2.25. The average Bonchev–Trinajstić information content (AvgIpc) is 2.25. The molecule has 0 bridgehead atoms. The molecule has 0 saturated carbocycles. The largest absolute Gasteiger partial charge is 0.295 e. The van der Waals surface area contributed by atoms with Crippen molar-refractivity contribution < 1.29 is 0 Å². The zero-order valence-electron chi connectivity index (χ0n) is 10.3. The SMILES string of the molecule is CC1=CCN(Cc2cnc(C)nc2C)CC1. The fraction of sp³-hybridized carbons (Fsp3) is 0.538. The highest BCUT2D eigenvalue weighted by Gasteiger charge is 2.11. The van der Waals surface area contributed by atoms with Gasteiger partial charge in [-0.3, -0.25) is 4.90 Å². The first-order valence-electron chi connectivity index (χ1n) is 5.82. The highest BCUT2D eigenvalue weighted by molar-refractivity contribution is 5.16. The van der Waals surface area contributed by atoms with Crippen molar-refractivity contribution in [1.29, 1.82) is 0 Å². The van der Waals surface area contributed by atoms with Gasteiger partial charge in [-0.05, 0) is 27.2 Å². The molecule has 0 spiro atoms. The molecule has 0 N–H and O–H groups in total. The number of aryl methyl sites for hydroxylation is 2. The molecule has 0 unspecified atom stereocenters. The van der Waals surface area contributed by atoms with Crippen LogP contribution in [-0.2, 0) is 6.54 Å². The van der Waals surface area contributed by atoms with Crippen LogP contribution in [0.25, 0.3) is 0 Å². The van der Waals surface area contributed by atoms with E-state index in [1.165, 1.54) is 17.6 Å². The lowest BCUT2D eigenvalue weighted by Crippen LogP contribution is -2.28. The predicted molar refractivity (Wildman–Crippen MR) is 65.2 cm³/mol. The van der Waals surface area contributed by atoms with E-state index in [1.54, 1.807) is 0 Å². The van der Waals surface area contributed by atoms with E-state index in [0.29, 0.717) is 0 Å². The van der Waals surface area contributed by atoms with Gasteiger partial charge in [-0.1, -0.05) is 11.6 Å². The van der Waals surface area contributed by atoms with Crippen LogP contribution in [0.3, 0.4) is 0 Å². The molecule has 2 heterocycles. The smallest absolute Gasteiger partial charge is 0.125 e. The van der Waals surface area contributed by atoms with Crippen LogP contribution in [0.15, 0.2) is 17.8 Å². The Morgan fingerprint density at radius 3 is 2.75 bits per heavy atom. The van der Waals surface area contributed by atoms with Gasteiger partial charge in [-0.15, -0.1) is 0 Å². The third-order valence-electron chi connectivity index (χ3n) is 3.12. The van der Waals surface area contributed by atoms with Crippen molar-refractivity contribution in [3.63, 3.8) is 0 Å². The van der Waals surface area contributed by atoms with Gasteiger partial charge < -0.3 is 0 Å². The standard InChI is InChI=1S/C13H19N3/c1-10-4-6-16(7-5-10)9-13-8-14-12(3)15-11(13)2/h4,8H,5-7,9H2,1-3H3. The Morgan fingerprint density at radius 1 is 1.31 bits per heavy atom. The molecule has 0 saturated heterocycles. The van der Waals surface area contributed by atoms with E-state index in [1.807, 2.05) is 13.1 Å². The molecular formula is C13H19N3. The fourth-order valence-corrected chi connectivity index (χ4v) is 1.96. The van der Waals surface area contributed by atoms with Crippen molar-refractivity contribution in [1.82, 2.24) is 14.9 Å². The highest BCUT2D eigenvalue weighted by atomic mass is 15.1. The van der Waals surface area contributed by atoms with Gasteiger partial charge in [0.2, 0.25) is 0 Å². The molecule has 1 aliphatic rings. The molecule has 1 aromatic heterocycles. The van der Waals surface area contributed by atoms with Crippen LogP contribution in [0, 0.1) is 13.8 Å². The summed E-state index contributed by atoms with van der Waals surface area (Å²) in [6.45, 7) is 9.38. The topological polar surface area (TPSA) is 29.0 Å². The van der Waals surface area contributed by atoms with Crippen LogP contribution in [0.1, 0.15) is 30.4 Å². The summed E-state index contributed by atoms with van der Waals surface area (Å²) < 4.78 is 0. The Kier molecular flexibility index (Phi) is 3.34. The molecule has 0 aliphatic carbocycles. The molecule has 16 heavy (non-hydrogen) atoms. The second-order valence-electron chi connectivity index (χ2n) is 4.56. The number of nitrogens with zero attached hydrogens (tertiary/aromatic N) is 3. The van der Waals surface area contributed by atoms with Crippen molar-refractivity contribution in [2.24, 2.45) is 0 Å². The second-order valence-corrected chi connectivity index (χ2v) is 4.56. The van der Waals surface area contributed by atoms with Gasteiger partial charge in [0.05, 0.1) is 0 Å². The molecule has 0 aromatic carbocycles. The number of hydrogen-bond acceptors (Lipinski definition) is 3. The minimum atomic E-state index is 0.857. The molecule has 86 valence electrons. The summed E-state index contributed by atoms with van der Waals surface area (Å²) in [5, 5.41) is 0. The Balaban J connectivity index is 2.04. The highest BCUT2D eigenvalue weighted by Crippen LogP contribution is 2.14. The zero-order valence-corrected chi connectivity index (χ0v) is 10.3. The van der Waals surface area contributed by atoms with E-state index in [9.17, 15) is 0 Å². The normalized spacial score (nSPS) is 17.3. The van der Waals surface area contributed by atoms with Crippen molar-refractivity contribution in [2.45, 2.75) is 33.7 Å². The summed E-state index contributed by atoms with van der Waals surface area (Å²) in [4.78, 5) is 11.1. The molecule has 0 fully saturated rings. The maximum atomic E-state index is 4.40. The maximum Gasteiger partial charge on any atom is 0.125 e. The molecule has 1 aromatic rings. The zero-order chi connectivity index (χ0) is 11.5. The lowest BCUT2D eigenvalue weighted by molar-refractivity contribution is 0.284. The van der Waals surface area contributed by atoms with E-state index in [4.69, 9.17) is 0 Å². The molecule has 1 aliphatic heterocycles. The lowest BCUT2D eigenvalue weighted by atomic mass is 10.1. The summed E-state index contributed by atoms with van der Waals surface area (Å²) >= 11 is 0. The first-order chi connectivity index (χ1) is 7.65. The van der Waals surface area contributed by atoms with E-state index in [0.717, 1.165) is 31.2 Å². The summed E-state index contributed by atoms with van der Waals surface area (Å²) in [7, 11) is 0. The maximum absolute atomic E-state index is 4.40. The summed E-state index contributed by atoms with van der Waals surface area (Å²) in [6, 6.07) is 0. The van der Waals surface area contributed by atoms with Gasteiger partial charge in [0, 0.05) is 37.1 Å². The second kappa shape index (κ2) is 4.74. The van der Waals surface area contributed by atoms with Gasteiger partial charge in [0.25, 0.3) is 0 Å². The van der Waals surface area contributed by atoms with Gasteiger partial charge in [0.15, 0.2) is 0 Å². The van der Waals surface area contributed by atoms with Crippen LogP contribution >= 0.6 is 0 Å². The van der Waals surface area contributed by atoms with Gasteiger partial charge in [-0.2, -0.15) is 0 Å². The Labute approximate surface area is 97.2 Å². The average molecular weight is 217 g/mol. The summed E-state index contributed by atoms with van der Waals surface area (Å²) in [6.07, 6.45) is 5.46. The fourth-order valence-electron chi connectivity index (χ4n) is 1.96. The third-order valence-corrected chi connectivity index (χ3v) is 3.12. The quantitative estimate of drug-likeness (QED) is 0.711. The Bertz CT molecular complexity index is 410. The number of aromatic nitrogens is 2. The molecule has 0 radical (unpaired) electrons. The molecule has 0 amide bonds. The van der Waals surface area contributed by atoms with Gasteiger partial charge in [-0.25, -0.2) is 9.97 Å². The molecule has 0 atom stereocenters. The van der Waals surface area contributed by atoms with Crippen molar-refractivity contribution in [3.05, 3.63) is 34.9 Å². The van der Waals surface area contributed by atoms with Crippen LogP contribution < -0.4 is 0 Å². The summed E-state index contributed by atoms with van der Waals surface area (Å²) in [5.41, 5.74) is 3.87. The first-order valence-corrected chi connectivity index (χ1v) is 5.82. The van der Waals surface area contributed by atoms with Gasteiger partial charge in [0.1, 0.15) is 5.82 Å². The van der Waals surface area contributed by atoms with E-state index < -0.39 is 0 Å². The number of rotatable bonds is 2. The van der Waals surface area contributed by atoms with Crippen LogP contribution in [0.4, 0.5) is 0 Å². The molecular weight excluding hydrogens is 198 g/mol. The molecule has 3 nitrogen and oxygen atoms in total.